The molecule has 1 heterocycles. The Kier molecular flexibility index (Phi) is 6.81. The number of nitrogens with zero attached hydrogens (tertiary/aromatic N) is 2. The minimum Gasteiger partial charge on any atom is -0.372 e. The molecule has 92 valence electrons. The highest BCUT2D eigenvalue weighted by Gasteiger charge is 2.13. The van der Waals surface area contributed by atoms with Crippen LogP contribution in [-0.2, 0) is 11.3 Å². The number of hydrogen-bond donors (Lipinski definition) is 1. The summed E-state index contributed by atoms with van der Waals surface area (Å²) in [5.41, 5.74) is 0.894. The first-order valence-electron chi connectivity index (χ1n) is 6.33. The number of ether oxygens (including phenoxy) is 1. The van der Waals surface area contributed by atoms with Crippen LogP contribution in [0.1, 0.15) is 58.1 Å². The lowest BCUT2D eigenvalue weighted by atomic mass is 9.98. The molecule has 1 aliphatic rings. The zero-order chi connectivity index (χ0) is 11.6. The lowest BCUT2D eigenvalue weighted by molar-refractivity contribution is 0.0152. The van der Waals surface area contributed by atoms with Gasteiger partial charge in [-0.05, 0) is 12.8 Å². The van der Waals surface area contributed by atoms with Crippen molar-refractivity contribution in [2.45, 2.75) is 65.1 Å². The minimum atomic E-state index is 0.449. The Balaban J connectivity index is 0.000000386. The molecule has 0 atom stereocenters. The van der Waals surface area contributed by atoms with Crippen LogP contribution in [0.25, 0.3) is 0 Å². The van der Waals surface area contributed by atoms with E-state index in [1.165, 1.54) is 38.5 Å². The molecule has 0 spiro atoms. The maximum Gasteiger partial charge on any atom is 0.108 e. The van der Waals surface area contributed by atoms with Gasteiger partial charge in [-0.15, -0.1) is 0 Å². The van der Waals surface area contributed by atoms with E-state index in [1.54, 1.807) is 6.20 Å². The summed E-state index contributed by atoms with van der Waals surface area (Å²) >= 11 is 0. The summed E-state index contributed by atoms with van der Waals surface area (Å²) in [4.78, 5) is 0. The van der Waals surface area contributed by atoms with Crippen molar-refractivity contribution in [3.8, 4) is 0 Å². The fraction of sp³-hybridized carbons (Fsp3) is 0.833. The Morgan fingerprint density at radius 2 is 2.00 bits per heavy atom. The van der Waals surface area contributed by atoms with Crippen LogP contribution in [0.5, 0.6) is 0 Å². The van der Waals surface area contributed by atoms with E-state index in [0.29, 0.717) is 12.7 Å². The molecule has 4 nitrogen and oxygen atoms in total. The first-order valence-corrected chi connectivity index (χ1v) is 6.33. The van der Waals surface area contributed by atoms with Crippen LogP contribution in [0.2, 0.25) is 0 Å². The van der Waals surface area contributed by atoms with E-state index < -0.39 is 0 Å². The molecule has 1 aliphatic carbocycles. The smallest absolute Gasteiger partial charge is 0.108 e. The quantitative estimate of drug-likeness (QED) is 0.860. The summed E-state index contributed by atoms with van der Waals surface area (Å²) in [7, 11) is 0. The maximum atomic E-state index is 5.70. The average Bonchev–Trinajstić information content (AvgIpc) is 2.82. The number of aromatic amines is 1. The lowest BCUT2D eigenvalue weighted by Crippen LogP contribution is -2.16. The van der Waals surface area contributed by atoms with Crippen LogP contribution in [0, 0.1) is 0 Å². The lowest BCUT2D eigenvalue weighted by Gasteiger charge is -2.21. The van der Waals surface area contributed by atoms with Gasteiger partial charge in [0.05, 0.1) is 18.9 Å². The highest BCUT2D eigenvalue weighted by Crippen LogP contribution is 2.20. The molecule has 2 rings (SSSR count). The third-order valence-electron chi connectivity index (χ3n) is 2.48. The summed E-state index contributed by atoms with van der Waals surface area (Å²) in [5.74, 6) is 0. The summed E-state index contributed by atoms with van der Waals surface area (Å²) < 4.78 is 5.70. The molecule has 1 aromatic rings. The van der Waals surface area contributed by atoms with Gasteiger partial charge in [0.1, 0.15) is 5.69 Å². The van der Waals surface area contributed by atoms with E-state index in [2.05, 4.69) is 29.3 Å². The van der Waals surface area contributed by atoms with Crippen molar-refractivity contribution in [2.75, 3.05) is 0 Å². The Labute approximate surface area is 97.8 Å². The summed E-state index contributed by atoms with van der Waals surface area (Å²) in [6.45, 7) is 4.85. The van der Waals surface area contributed by atoms with E-state index in [-0.39, 0.29) is 0 Å². The number of rotatable bonds is 3. The van der Waals surface area contributed by atoms with E-state index in [9.17, 15) is 0 Å². The van der Waals surface area contributed by atoms with Gasteiger partial charge in [-0.2, -0.15) is 15.4 Å². The van der Waals surface area contributed by atoms with Crippen LogP contribution < -0.4 is 0 Å². The van der Waals surface area contributed by atoms with E-state index in [1.807, 2.05) is 0 Å². The van der Waals surface area contributed by atoms with Crippen molar-refractivity contribution in [1.82, 2.24) is 15.4 Å². The summed E-state index contributed by atoms with van der Waals surface area (Å²) in [6.07, 6.45) is 9.81. The van der Waals surface area contributed by atoms with Crippen molar-refractivity contribution in [2.24, 2.45) is 0 Å². The normalized spacial score (nSPS) is 16.6. The van der Waals surface area contributed by atoms with Crippen molar-refractivity contribution in [1.29, 1.82) is 0 Å². The van der Waals surface area contributed by atoms with Gasteiger partial charge in [-0.1, -0.05) is 39.5 Å². The fourth-order valence-electron chi connectivity index (χ4n) is 1.73. The second-order valence-electron chi connectivity index (χ2n) is 4.24. The highest BCUT2D eigenvalue weighted by molar-refractivity contribution is 4.87. The van der Waals surface area contributed by atoms with Gasteiger partial charge in [-0.3, -0.25) is 0 Å². The topological polar surface area (TPSA) is 50.8 Å². The standard InChI is InChI=1S/C9H15N3O.C3H8/c1-2-4-9(5-3-1)13-7-8-6-10-12-11-8;1-3-2/h6,9H,1-5,7H2,(H,10,11,12);3H2,1-2H3. The molecule has 16 heavy (non-hydrogen) atoms. The number of H-pyrrole nitrogens is 1. The molecule has 0 unspecified atom stereocenters. The van der Waals surface area contributed by atoms with E-state index in [4.69, 9.17) is 4.74 Å². The second-order valence-corrected chi connectivity index (χ2v) is 4.24. The molecule has 0 aliphatic heterocycles. The summed E-state index contributed by atoms with van der Waals surface area (Å²) in [6, 6.07) is 0. The predicted octanol–water partition coefficient (Wildman–Crippen LogP) is 3.07. The molecule has 1 saturated carbocycles. The molecule has 0 amide bonds. The van der Waals surface area contributed by atoms with Crippen LogP contribution in [0.4, 0.5) is 0 Å². The van der Waals surface area contributed by atoms with Gasteiger partial charge < -0.3 is 4.74 Å². The molecule has 1 aromatic heterocycles. The first kappa shape index (κ1) is 13.2. The number of aromatic nitrogens is 3. The largest absolute Gasteiger partial charge is 0.372 e. The SMILES string of the molecule is CCC.c1n[nH]nc1COC1CCCCC1. The third kappa shape index (κ3) is 5.26. The van der Waals surface area contributed by atoms with Crippen molar-refractivity contribution in [3.63, 3.8) is 0 Å². The number of hydrogen-bond acceptors (Lipinski definition) is 3. The fourth-order valence-corrected chi connectivity index (χ4v) is 1.73. The molecular weight excluding hydrogens is 202 g/mol. The molecule has 0 bridgehead atoms. The van der Waals surface area contributed by atoms with Gasteiger partial charge >= 0.3 is 0 Å². The van der Waals surface area contributed by atoms with Crippen LogP contribution in [0.3, 0.4) is 0 Å². The van der Waals surface area contributed by atoms with Gasteiger partial charge in [0.25, 0.3) is 0 Å². The molecule has 1 N–H and O–H groups in total. The molecule has 0 aromatic carbocycles. The first-order chi connectivity index (χ1) is 7.86. The minimum absolute atomic E-state index is 0.449. The van der Waals surface area contributed by atoms with Crippen LogP contribution in [0.15, 0.2) is 6.20 Å². The molecule has 4 heteroatoms. The van der Waals surface area contributed by atoms with Crippen LogP contribution in [-0.4, -0.2) is 21.5 Å². The Hall–Kier alpha value is -0.900. The van der Waals surface area contributed by atoms with Gasteiger partial charge in [0.2, 0.25) is 0 Å². The van der Waals surface area contributed by atoms with Crippen molar-refractivity contribution in [3.05, 3.63) is 11.9 Å². The molecule has 1 fully saturated rings. The maximum absolute atomic E-state index is 5.70. The van der Waals surface area contributed by atoms with Gasteiger partial charge in [-0.25, -0.2) is 0 Å². The van der Waals surface area contributed by atoms with Crippen LogP contribution >= 0.6 is 0 Å². The Bertz CT molecular complexity index is 243. The van der Waals surface area contributed by atoms with E-state index >= 15 is 0 Å². The Morgan fingerprint density at radius 1 is 1.31 bits per heavy atom. The van der Waals surface area contributed by atoms with E-state index in [0.717, 1.165) is 5.69 Å². The van der Waals surface area contributed by atoms with Crippen molar-refractivity contribution >= 4 is 0 Å². The highest BCUT2D eigenvalue weighted by atomic mass is 16.5. The predicted molar refractivity (Wildman–Crippen MR) is 64.0 cm³/mol. The zero-order valence-electron chi connectivity index (χ0n) is 10.4. The average molecular weight is 225 g/mol. The zero-order valence-corrected chi connectivity index (χ0v) is 10.4. The molecular formula is C12H23N3O. The molecule has 0 radical (unpaired) electrons. The van der Waals surface area contributed by atoms with Gasteiger partial charge in [0.15, 0.2) is 0 Å². The molecule has 0 saturated heterocycles. The third-order valence-corrected chi connectivity index (χ3v) is 2.48. The van der Waals surface area contributed by atoms with Gasteiger partial charge in [0, 0.05) is 0 Å². The summed E-state index contributed by atoms with van der Waals surface area (Å²) in [5, 5.41) is 10.2. The number of nitrogens with one attached hydrogen (secondary N) is 1. The Morgan fingerprint density at radius 3 is 2.56 bits per heavy atom. The monoisotopic (exact) mass is 225 g/mol. The second kappa shape index (κ2) is 8.28. The van der Waals surface area contributed by atoms with Crippen molar-refractivity contribution < 1.29 is 4.74 Å².